The Morgan fingerprint density at radius 2 is 1.91 bits per heavy atom. The maximum Gasteiger partial charge on any atom is 0.262 e. The molecule has 32 heavy (non-hydrogen) atoms. The van der Waals surface area contributed by atoms with Crippen LogP contribution in [0.25, 0.3) is 11.5 Å². The molecule has 1 aliphatic heterocycles. The third-order valence-corrected chi connectivity index (χ3v) is 7.01. The van der Waals surface area contributed by atoms with E-state index < -0.39 is 15.9 Å². The average molecular weight is 479 g/mol. The molecule has 1 N–H and O–H groups in total. The first-order valence-corrected chi connectivity index (χ1v) is 11.4. The van der Waals surface area contributed by atoms with Crippen molar-refractivity contribution in [3.63, 3.8) is 0 Å². The lowest BCUT2D eigenvalue weighted by Gasteiger charge is -2.26. The molecule has 0 atom stereocenters. The van der Waals surface area contributed by atoms with Crippen molar-refractivity contribution >= 4 is 33.2 Å². The number of rotatable bonds is 7. The van der Waals surface area contributed by atoms with Crippen LogP contribution in [0, 0.1) is 0 Å². The molecule has 0 aliphatic carbocycles. The molecule has 0 saturated carbocycles. The molecule has 1 aliphatic rings. The quantitative estimate of drug-likeness (QED) is 0.549. The second-order valence-electron chi connectivity index (χ2n) is 6.77. The smallest absolute Gasteiger partial charge is 0.262 e. The number of hydrogen-bond donors (Lipinski definition) is 1. The molecule has 1 fully saturated rings. The van der Waals surface area contributed by atoms with E-state index in [1.807, 2.05) is 0 Å². The summed E-state index contributed by atoms with van der Waals surface area (Å²) >= 11 is 6.14. The number of nitrogens with zero attached hydrogens (tertiary/aromatic N) is 3. The van der Waals surface area contributed by atoms with Crippen LogP contribution >= 0.6 is 11.6 Å². The molecule has 1 amide bonds. The van der Waals surface area contributed by atoms with Gasteiger partial charge in [-0.25, -0.2) is 8.42 Å². The molecule has 2 heterocycles. The number of hydrogen-bond acceptors (Lipinski definition) is 8. The number of amides is 1. The van der Waals surface area contributed by atoms with Gasteiger partial charge in [0.2, 0.25) is 22.3 Å². The van der Waals surface area contributed by atoms with Crippen molar-refractivity contribution in [2.75, 3.05) is 38.2 Å². The van der Waals surface area contributed by atoms with Gasteiger partial charge in [-0.15, -0.1) is 10.2 Å². The van der Waals surface area contributed by atoms with E-state index in [2.05, 4.69) is 15.5 Å². The topological polar surface area (TPSA) is 124 Å². The standard InChI is InChI=1S/C20H19ClN4O6S/c21-17-6-3-15(11-18(17)32(27,28)25-7-9-29-10-8-25)23-19(26)12-30-16-4-1-14(2-5-16)20-24-22-13-31-20/h1-6,11,13H,7-10,12H2,(H,23,26). The Hall–Kier alpha value is -2.99. The van der Waals surface area contributed by atoms with E-state index in [4.69, 9.17) is 25.5 Å². The number of morpholine rings is 1. The Kier molecular flexibility index (Phi) is 6.70. The number of benzene rings is 2. The first-order chi connectivity index (χ1) is 15.4. The van der Waals surface area contributed by atoms with E-state index in [-0.39, 0.29) is 29.6 Å². The Bertz CT molecular complexity index is 1180. The van der Waals surface area contributed by atoms with Crippen molar-refractivity contribution in [1.82, 2.24) is 14.5 Å². The number of nitrogens with one attached hydrogen (secondary N) is 1. The van der Waals surface area contributed by atoms with Crippen molar-refractivity contribution in [3.05, 3.63) is 53.9 Å². The molecule has 12 heteroatoms. The molecular formula is C20H19ClN4O6S. The highest BCUT2D eigenvalue weighted by Crippen LogP contribution is 2.28. The lowest BCUT2D eigenvalue weighted by Crippen LogP contribution is -2.40. The molecule has 0 unspecified atom stereocenters. The van der Waals surface area contributed by atoms with E-state index >= 15 is 0 Å². The van der Waals surface area contributed by atoms with Gasteiger partial charge in [-0.2, -0.15) is 4.31 Å². The molecule has 0 spiro atoms. The first kappa shape index (κ1) is 22.2. The summed E-state index contributed by atoms with van der Waals surface area (Å²) < 4.78 is 42.9. The maximum atomic E-state index is 12.9. The van der Waals surface area contributed by atoms with Gasteiger partial charge in [-0.05, 0) is 42.5 Å². The monoisotopic (exact) mass is 478 g/mol. The lowest BCUT2D eigenvalue weighted by atomic mass is 10.2. The molecule has 0 bridgehead atoms. The van der Waals surface area contributed by atoms with Gasteiger partial charge in [0.15, 0.2) is 6.61 Å². The van der Waals surface area contributed by atoms with Gasteiger partial charge in [0.25, 0.3) is 5.91 Å². The summed E-state index contributed by atoms with van der Waals surface area (Å²) in [5, 5.41) is 10.1. The Morgan fingerprint density at radius 1 is 1.16 bits per heavy atom. The van der Waals surface area contributed by atoms with Gasteiger partial charge in [0.05, 0.1) is 18.2 Å². The zero-order valence-corrected chi connectivity index (χ0v) is 18.3. The van der Waals surface area contributed by atoms with Crippen LogP contribution in [0.1, 0.15) is 0 Å². The molecule has 2 aromatic carbocycles. The molecule has 3 aromatic rings. The minimum atomic E-state index is -3.81. The summed E-state index contributed by atoms with van der Waals surface area (Å²) in [7, 11) is -3.81. The predicted octanol–water partition coefficient (Wildman–Crippen LogP) is 2.43. The molecule has 1 aromatic heterocycles. The van der Waals surface area contributed by atoms with Crippen LogP contribution in [0.2, 0.25) is 5.02 Å². The van der Waals surface area contributed by atoms with Crippen LogP contribution in [0.5, 0.6) is 5.75 Å². The van der Waals surface area contributed by atoms with Crippen LogP contribution in [0.4, 0.5) is 5.69 Å². The van der Waals surface area contributed by atoms with Crippen molar-refractivity contribution in [3.8, 4) is 17.2 Å². The average Bonchev–Trinajstić information content (AvgIpc) is 3.35. The highest BCUT2D eigenvalue weighted by molar-refractivity contribution is 7.89. The number of carbonyl (C=O) groups excluding carboxylic acids is 1. The Balaban J connectivity index is 1.38. The number of ether oxygens (including phenoxy) is 2. The molecule has 0 radical (unpaired) electrons. The molecule has 168 valence electrons. The lowest BCUT2D eigenvalue weighted by molar-refractivity contribution is -0.118. The normalized spacial score (nSPS) is 14.8. The number of sulfonamides is 1. The zero-order chi connectivity index (χ0) is 22.6. The fraction of sp³-hybridized carbons (Fsp3) is 0.250. The second kappa shape index (κ2) is 9.65. The summed E-state index contributed by atoms with van der Waals surface area (Å²) in [6, 6.07) is 11.1. The number of anilines is 1. The fourth-order valence-corrected chi connectivity index (χ4v) is 4.95. The third-order valence-electron chi connectivity index (χ3n) is 4.63. The van der Waals surface area contributed by atoms with Gasteiger partial charge in [0, 0.05) is 24.3 Å². The van der Waals surface area contributed by atoms with Gasteiger partial charge in [0.1, 0.15) is 10.6 Å². The second-order valence-corrected chi connectivity index (χ2v) is 9.08. The van der Waals surface area contributed by atoms with Crippen molar-refractivity contribution in [1.29, 1.82) is 0 Å². The SMILES string of the molecule is O=C(COc1ccc(-c2nnco2)cc1)Nc1ccc(Cl)c(S(=O)(=O)N2CCOCC2)c1. The maximum absolute atomic E-state index is 12.9. The van der Waals surface area contributed by atoms with Crippen LogP contribution in [-0.4, -0.2) is 61.7 Å². The summed E-state index contributed by atoms with van der Waals surface area (Å²) in [4.78, 5) is 12.2. The molecular weight excluding hydrogens is 460 g/mol. The summed E-state index contributed by atoms with van der Waals surface area (Å²) in [6.07, 6.45) is 1.23. The highest BCUT2D eigenvalue weighted by Gasteiger charge is 2.28. The number of carbonyl (C=O) groups is 1. The van der Waals surface area contributed by atoms with E-state index in [0.29, 0.717) is 30.5 Å². The van der Waals surface area contributed by atoms with Gasteiger partial charge >= 0.3 is 0 Å². The van der Waals surface area contributed by atoms with E-state index in [1.54, 1.807) is 24.3 Å². The molecule has 1 saturated heterocycles. The van der Waals surface area contributed by atoms with Crippen LogP contribution < -0.4 is 10.1 Å². The van der Waals surface area contributed by atoms with Crippen LogP contribution in [-0.2, 0) is 19.6 Å². The van der Waals surface area contributed by atoms with E-state index in [1.165, 1.54) is 28.9 Å². The Morgan fingerprint density at radius 3 is 2.59 bits per heavy atom. The summed E-state index contributed by atoms with van der Waals surface area (Å²) in [6.45, 7) is 0.859. The minimum absolute atomic E-state index is 0.0728. The molecule has 10 nitrogen and oxygen atoms in total. The predicted molar refractivity (Wildman–Crippen MR) is 115 cm³/mol. The summed E-state index contributed by atoms with van der Waals surface area (Å²) in [5.41, 5.74) is 1.01. The van der Waals surface area contributed by atoms with Crippen molar-refractivity contribution in [2.45, 2.75) is 4.90 Å². The van der Waals surface area contributed by atoms with E-state index in [9.17, 15) is 13.2 Å². The first-order valence-electron chi connectivity index (χ1n) is 9.60. The number of aromatic nitrogens is 2. The highest BCUT2D eigenvalue weighted by atomic mass is 35.5. The largest absolute Gasteiger partial charge is 0.484 e. The Labute approximate surface area is 189 Å². The van der Waals surface area contributed by atoms with Crippen molar-refractivity contribution < 1.29 is 27.1 Å². The van der Waals surface area contributed by atoms with E-state index in [0.717, 1.165) is 5.56 Å². The van der Waals surface area contributed by atoms with Crippen molar-refractivity contribution in [2.24, 2.45) is 0 Å². The van der Waals surface area contributed by atoms with Crippen LogP contribution in [0.15, 0.2) is 58.2 Å². The summed E-state index contributed by atoms with van der Waals surface area (Å²) in [5.74, 6) is 0.387. The fourth-order valence-electron chi connectivity index (χ4n) is 3.04. The van der Waals surface area contributed by atoms with Crippen LogP contribution in [0.3, 0.4) is 0 Å². The van der Waals surface area contributed by atoms with Gasteiger partial charge in [-0.1, -0.05) is 11.6 Å². The number of halogens is 1. The van der Waals surface area contributed by atoms with Gasteiger partial charge in [-0.3, -0.25) is 4.79 Å². The third kappa shape index (κ3) is 5.07. The van der Waals surface area contributed by atoms with Gasteiger partial charge < -0.3 is 19.2 Å². The minimum Gasteiger partial charge on any atom is -0.484 e. The zero-order valence-electron chi connectivity index (χ0n) is 16.7. The molecule has 4 rings (SSSR count).